The highest BCUT2D eigenvalue weighted by Gasteiger charge is 2.23. The summed E-state index contributed by atoms with van der Waals surface area (Å²) in [6.45, 7) is 7.73. The summed E-state index contributed by atoms with van der Waals surface area (Å²) in [5, 5.41) is 0. The normalized spacial score (nSPS) is 12.8. The first-order chi connectivity index (χ1) is 11.5. The van der Waals surface area contributed by atoms with E-state index in [1.54, 1.807) is 0 Å². The summed E-state index contributed by atoms with van der Waals surface area (Å²) in [6, 6.07) is 0. The fraction of sp³-hybridized carbons (Fsp3) is 1.00. The molecule has 0 fully saturated rings. The second kappa shape index (κ2) is 14.6. The average Bonchev–Trinajstić information content (AvgIpc) is 2.45. The van der Waals surface area contributed by atoms with E-state index in [1.165, 1.54) is 44.9 Å². The summed E-state index contributed by atoms with van der Waals surface area (Å²) >= 11 is 0. The molecule has 0 aliphatic heterocycles. The third kappa shape index (κ3) is 19.4. The van der Waals surface area contributed by atoms with Crippen LogP contribution in [0.2, 0.25) is 0 Å². The van der Waals surface area contributed by atoms with Crippen LogP contribution in [0.1, 0.15) is 85.0 Å². The zero-order valence-corrected chi connectivity index (χ0v) is 21.4. The molecule has 0 bridgehead atoms. The van der Waals surface area contributed by atoms with Gasteiger partial charge in [-0.2, -0.15) is 0 Å². The molecule has 0 unspecified atom stereocenters. The van der Waals surface area contributed by atoms with Gasteiger partial charge in [0.15, 0.2) is 0 Å². The number of rotatable bonds is 16. The van der Waals surface area contributed by atoms with Gasteiger partial charge in [0.2, 0.25) is 0 Å². The van der Waals surface area contributed by atoms with Crippen molar-refractivity contribution >= 4 is 34.0 Å². The van der Waals surface area contributed by atoms with E-state index < -0.39 is 10.0 Å². The molecule has 0 heterocycles. The quantitative estimate of drug-likeness (QED) is 0.148. The summed E-state index contributed by atoms with van der Waals surface area (Å²) in [5.74, 6) is 0.212. The van der Waals surface area contributed by atoms with Crippen molar-refractivity contribution in [1.82, 2.24) is 0 Å². The van der Waals surface area contributed by atoms with Crippen LogP contribution in [0, 0.1) is 5.41 Å². The van der Waals surface area contributed by atoms with Crippen LogP contribution in [0.4, 0.5) is 0 Å². The maximum Gasteiger partial charge on any atom is 0.0815 e. The molecule has 0 aromatic rings. The van der Waals surface area contributed by atoms with Gasteiger partial charge in [0.1, 0.15) is 0 Å². The lowest BCUT2D eigenvalue weighted by atomic mass is 9.93. The lowest BCUT2D eigenvalue weighted by Gasteiger charge is -2.38. The topological polar surface area (TPSA) is 48.2 Å². The minimum atomic E-state index is -3.26. The highest BCUT2D eigenvalue weighted by Crippen LogP contribution is 2.23. The Morgan fingerprint density at radius 1 is 0.808 bits per heavy atom. The minimum Gasteiger partial charge on any atom is -0.548 e. The van der Waals surface area contributed by atoms with E-state index >= 15 is 0 Å². The van der Waals surface area contributed by atoms with E-state index in [1.807, 2.05) is 0 Å². The fourth-order valence-electron chi connectivity index (χ4n) is 3.44. The fourth-order valence-corrected chi connectivity index (χ4v) is 4.69. The van der Waals surface area contributed by atoms with Crippen molar-refractivity contribution in [3.05, 3.63) is 4.72 Å². The molecular weight excluding hydrogens is 459 g/mol. The van der Waals surface area contributed by atoms with Crippen LogP contribution in [0.25, 0.3) is 4.72 Å². The van der Waals surface area contributed by atoms with Crippen LogP contribution in [0.3, 0.4) is 0 Å². The highest BCUT2D eigenvalue weighted by atomic mass is 127. The van der Waals surface area contributed by atoms with Crippen LogP contribution in [-0.2, 0) is 10.0 Å². The van der Waals surface area contributed by atoms with E-state index in [0.29, 0.717) is 6.54 Å². The van der Waals surface area contributed by atoms with Crippen LogP contribution >= 0.6 is 24.0 Å². The molecule has 0 N–H and O–H groups in total. The SMILES string of the molecule is CCCCCCCCCCCCS(=O)(=O)[N-]CC(C)(C)C[N+](C)(C)C.I. The van der Waals surface area contributed by atoms with Gasteiger partial charge in [-0.25, -0.2) is 8.42 Å². The molecule has 6 heteroatoms. The number of unbranched alkanes of at least 4 members (excludes halogenated alkanes) is 9. The first-order valence-corrected chi connectivity index (χ1v) is 11.8. The lowest BCUT2D eigenvalue weighted by Crippen LogP contribution is -2.44. The molecule has 4 nitrogen and oxygen atoms in total. The number of nitrogens with zero attached hydrogens (tertiary/aromatic N) is 2. The zero-order valence-electron chi connectivity index (χ0n) is 18.2. The van der Waals surface area contributed by atoms with Crippen LogP contribution in [-0.4, -0.2) is 52.9 Å². The molecule has 0 saturated carbocycles. The van der Waals surface area contributed by atoms with Crippen molar-refractivity contribution < 1.29 is 12.9 Å². The smallest absolute Gasteiger partial charge is 0.0815 e. The van der Waals surface area contributed by atoms with E-state index in [9.17, 15) is 8.42 Å². The molecule has 0 aliphatic carbocycles. The average molecular weight is 505 g/mol. The van der Waals surface area contributed by atoms with Gasteiger partial charge >= 0.3 is 0 Å². The molecule has 0 atom stereocenters. The Morgan fingerprint density at radius 2 is 1.23 bits per heavy atom. The van der Waals surface area contributed by atoms with Crippen molar-refractivity contribution in [2.24, 2.45) is 5.41 Å². The van der Waals surface area contributed by atoms with E-state index in [2.05, 4.69) is 46.6 Å². The third-order valence-corrected chi connectivity index (χ3v) is 5.67. The zero-order chi connectivity index (χ0) is 19.4. The maximum atomic E-state index is 12.1. The molecule has 0 spiro atoms. The number of halogens is 1. The minimum absolute atomic E-state index is 0. The number of hydrogen-bond donors (Lipinski definition) is 0. The van der Waals surface area contributed by atoms with Crippen molar-refractivity contribution in [3.63, 3.8) is 0 Å². The lowest BCUT2D eigenvalue weighted by molar-refractivity contribution is -0.876. The van der Waals surface area contributed by atoms with E-state index in [-0.39, 0.29) is 35.1 Å². The van der Waals surface area contributed by atoms with Gasteiger partial charge in [0.05, 0.1) is 37.7 Å². The van der Waals surface area contributed by atoms with Crippen molar-refractivity contribution in [2.75, 3.05) is 40.0 Å². The van der Waals surface area contributed by atoms with Gasteiger partial charge in [-0.15, -0.1) is 30.5 Å². The van der Waals surface area contributed by atoms with Crippen LogP contribution in [0.5, 0.6) is 0 Å². The largest absolute Gasteiger partial charge is 0.548 e. The Kier molecular flexibility index (Phi) is 16.2. The van der Waals surface area contributed by atoms with Crippen molar-refractivity contribution in [3.8, 4) is 0 Å². The first kappa shape index (κ1) is 28.8. The molecule has 0 radical (unpaired) electrons. The van der Waals surface area contributed by atoms with Crippen LogP contribution < -0.4 is 0 Å². The summed E-state index contributed by atoms with van der Waals surface area (Å²) in [6.07, 6.45) is 12.1. The molecule has 0 amide bonds. The van der Waals surface area contributed by atoms with Crippen molar-refractivity contribution in [2.45, 2.75) is 85.0 Å². The molecule has 0 aromatic carbocycles. The predicted octanol–water partition coefficient (Wildman–Crippen LogP) is 5.96. The second-order valence-electron chi connectivity index (χ2n) is 9.37. The van der Waals surface area contributed by atoms with Crippen molar-refractivity contribution in [1.29, 1.82) is 0 Å². The summed E-state index contributed by atoms with van der Waals surface area (Å²) in [5.41, 5.74) is -0.0942. The van der Waals surface area contributed by atoms with E-state index in [4.69, 9.17) is 0 Å². The summed E-state index contributed by atoms with van der Waals surface area (Å²) < 4.78 is 29.1. The number of hydrogen-bond acceptors (Lipinski definition) is 2. The Morgan fingerprint density at radius 3 is 1.65 bits per heavy atom. The van der Waals surface area contributed by atoms with Gasteiger partial charge < -0.3 is 9.21 Å². The molecule has 0 rings (SSSR count). The Bertz CT molecular complexity index is 432. The van der Waals surface area contributed by atoms with Gasteiger partial charge in [-0.1, -0.05) is 78.6 Å². The maximum absolute atomic E-state index is 12.1. The van der Waals surface area contributed by atoms with Gasteiger partial charge in [0, 0.05) is 5.75 Å². The van der Waals surface area contributed by atoms with E-state index in [0.717, 1.165) is 30.3 Å². The standard InChI is InChI=1S/C20H44N2O2S.HI/c1-7-8-9-10-11-12-13-14-15-16-17-25(23,24)21-18-20(2,3)19-22(4,5)6;/h7-19H2,1-6H3;1H. The predicted molar refractivity (Wildman–Crippen MR) is 126 cm³/mol. The van der Waals surface area contributed by atoms with Gasteiger partial charge in [-0.3, -0.25) is 0 Å². The van der Waals surface area contributed by atoms with Crippen LogP contribution in [0.15, 0.2) is 0 Å². The number of quaternary nitrogens is 1. The molecule has 160 valence electrons. The monoisotopic (exact) mass is 504 g/mol. The summed E-state index contributed by atoms with van der Waals surface area (Å²) in [4.78, 5) is 0. The van der Waals surface area contributed by atoms with Gasteiger partial charge in [0.25, 0.3) is 0 Å². The second-order valence-corrected chi connectivity index (χ2v) is 11.2. The molecule has 0 saturated heterocycles. The molecule has 0 aliphatic rings. The summed E-state index contributed by atoms with van der Waals surface area (Å²) in [7, 11) is 3.12. The number of sulfonamides is 1. The first-order valence-electron chi connectivity index (χ1n) is 10.2. The highest BCUT2D eigenvalue weighted by molar-refractivity contribution is 14.0. The third-order valence-electron chi connectivity index (χ3n) is 4.35. The molecule has 0 aromatic heterocycles. The van der Waals surface area contributed by atoms with Gasteiger partial charge in [-0.05, 0) is 11.8 Å². The Labute approximate surface area is 181 Å². The Balaban J connectivity index is 0. The molecule has 26 heavy (non-hydrogen) atoms. The molecular formula is C20H45IN2O2S. The Hall–Kier alpha value is 0.600.